The molecular weight excluding hydrogens is 388 g/mol. The number of rotatable bonds is 6. The van der Waals surface area contributed by atoms with Crippen LogP contribution < -0.4 is 15.8 Å². The fraction of sp³-hybridized carbons (Fsp3) is 0.118. The summed E-state index contributed by atoms with van der Waals surface area (Å²) < 4.78 is 22.4. The monoisotopic (exact) mass is 404 g/mol. The number of nitriles is 1. The lowest BCUT2D eigenvalue weighted by atomic mass is 10.1. The highest BCUT2D eigenvalue weighted by Crippen LogP contribution is 2.18. The van der Waals surface area contributed by atoms with Crippen LogP contribution in [-0.4, -0.2) is 26.8 Å². The van der Waals surface area contributed by atoms with E-state index in [4.69, 9.17) is 10.4 Å². The summed E-state index contributed by atoms with van der Waals surface area (Å²) in [5, 5.41) is 20.5. The topological polar surface area (TPSA) is 142 Å². The van der Waals surface area contributed by atoms with Crippen molar-refractivity contribution in [3.05, 3.63) is 54.1 Å². The molecule has 8 nitrogen and oxygen atoms in total. The first kappa shape index (κ1) is 20.4. The first-order chi connectivity index (χ1) is 12.8. The van der Waals surface area contributed by atoms with Gasteiger partial charge in [0.2, 0.25) is 10.0 Å². The van der Waals surface area contributed by atoms with Gasteiger partial charge in [-0.25, -0.2) is 13.6 Å². The Labute approximate surface area is 160 Å². The van der Waals surface area contributed by atoms with E-state index in [0.29, 0.717) is 12.1 Å². The molecule has 2 aromatic carbocycles. The second-order valence-electron chi connectivity index (χ2n) is 5.37. The predicted octanol–water partition coefficient (Wildman–Crippen LogP) is 1.20. The lowest BCUT2D eigenvalue weighted by Gasteiger charge is -2.07. The van der Waals surface area contributed by atoms with E-state index in [1.165, 1.54) is 12.1 Å². The lowest BCUT2D eigenvalue weighted by molar-refractivity contribution is -0.136. The van der Waals surface area contributed by atoms with Gasteiger partial charge in [-0.05, 0) is 60.1 Å². The molecule has 0 bridgehead atoms. The van der Waals surface area contributed by atoms with Crippen molar-refractivity contribution in [1.29, 1.82) is 5.26 Å². The zero-order valence-corrected chi connectivity index (χ0v) is 15.6. The van der Waals surface area contributed by atoms with E-state index in [1.807, 2.05) is 5.40 Å². The molecule has 0 saturated heterocycles. The Balaban J connectivity index is 1.81. The minimum atomic E-state index is -3.74. The number of hydrogen-bond donors (Lipinski definition) is 3. The summed E-state index contributed by atoms with van der Waals surface area (Å²) >= 11 is 0.994. The van der Waals surface area contributed by atoms with Crippen molar-refractivity contribution >= 4 is 39.3 Å². The van der Waals surface area contributed by atoms with Gasteiger partial charge in [0.05, 0.1) is 4.90 Å². The summed E-state index contributed by atoms with van der Waals surface area (Å²) in [6.45, 7) is 0.207. The van der Waals surface area contributed by atoms with Crippen LogP contribution in [0.3, 0.4) is 0 Å². The first-order valence-electron chi connectivity index (χ1n) is 7.66. The Bertz CT molecular complexity index is 965. The molecule has 0 aliphatic heterocycles. The second kappa shape index (κ2) is 9.18. The molecule has 0 heterocycles. The fourth-order valence-corrected chi connectivity index (χ4v) is 2.99. The minimum Gasteiger partial charge on any atom is -0.347 e. The van der Waals surface area contributed by atoms with Crippen molar-refractivity contribution in [3.8, 4) is 5.40 Å². The normalized spacial score (nSPS) is 10.7. The number of hydrogen-bond acceptors (Lipinski definition) is 6. The number of primary sulfonamides is 1. The third kappa shape index (κ3) is 6.41. The van der Waals surface area contributed by atoms with Crippen molar-refractivity contribution in [3.63, 3.8) is 0 Å². The van der Waals surface area contributed by atoms with E-state index >= 15 is 0 Å². The van der Waals surface area contributed by atoms with Crippen molar-refractivity contribution in [2.24, 2.45) is 5.14 Å². The van der Waals surface area contributed by atoms with Crippen molar-refractivity contribution < 1.29 is 18.0 Å². The van der Waals surface area contributed by atoms with Crippen molar-refractivity contribution in [2.45, 2.75) is 16.2 Å². The number of carbonyl (C=O) groups excluding carboxylic acids is 2. The Morgan fingerprint density at radius 1 is 1.04 bits per heavy atom. The Morgan fingerprint density at radius 3 is 2.22 bits per heavy atom. The number of amides is 2. The number of anilines is 1. The number of sulfonamides is 1. The van der Waals surface area contributed by atoms with E-state index < -0.39 is 21.8 Å². The van der Waals surface area contributed by atoms with E-state index in [9.17, 15) is 18.0 Å². The molecule has 0 aromatic heterocycles. The van der Waals surface area contributed by atoms with Gasteiger partial charge in [-0.2, -0.15) is 5.26 Å². The molecule has 2 aromatic rings. The molecule has 2 amide bonds. The van der Waals surface area contributed by atoms with Crippen molar-refractivity contribution in [1.82, 2.24) is 5.32 Å². The van der Waals surface area contributed by atoms with Crippen LogP contribution in [0.2, 0.25) is 0 Å². The number of thiocyanates is 1. The van der Waals surface area contributed by atoms with E-state index in [0.717, 1.165) is 22.2 Å². The summed E-state index contributed by atoms with van der Waals surface area (Å²) in [7, 11) is -3.74. The smallest absolute Gasteiger partial charge is 0.313 e. The van der Waals surface area contributed by atoms with Gasteiger partial charge in [0.25, 0.3) is 0 Å². The van der Waals surface area contributed by atoms with Gasteiger partial charge in [-0.3, -0.25) is 9.59 Å². The van der Waals surface area contributed by atoms with Crippen LogP contribution in [0.5, 0.6) is 0 Å². The highest BCUT2D eigenvalue weighted by molar-refractivity contribution is 8.03. The second-order valence-corrected chi connectivity index (χ2v) is 7.79. The van der Waals surface area contributed by atoms with Crippen LogP contribution >= 0.6 is 11.8 Å². The molecule has 0 aliphatic rings. The Hall–Kier alpha value is -2.87. The maximum Gasteiger partial charge on any atom is 0.313 e. The molecule has 4 N–H and O–H groups in total. The number of nitrogens with one attached hydrogen (secondary N) is 2. The highest BCUT2D eigenvalue weighted by atomic mass is 32.2. The van der Waals surface area contributed by atoms with Gasteiger partial charge in [0, 0.05) is 17.1 Å². The minimum absolute atomic E-state index is 0.00820. The molecule has 0 fully saturated rings. The summed E-state index contributed by atoms with van der Waals surface area (Å²) in [4.78, 5) is 24.4. The lowest BCUT2D eigenvalue weighted by Crippen LogP contribution is -2.36. The zero-order chi connectivity index (χ0) is 19.9. The van der Waals surface area contributed by atoms with Gasteiger partial charge in [-0.15, -0.1) is 0 Å². The van der Waals surface area contributed by atoms with Gasteiger partial charge in [-0.1, -0.05) is 12.1 Å². The largest absolute Gasteiger partial charge is 0.347 e. The number of benzene rings is 2. The van der Waals surface area contributed by atoms with Gasteiger partial charge < -0.3 is 10.6 Å². The molecule has 0 spiro atoms. The zero-order valence-electron chi connectivity index (χ0n) is 14.0. The van der Waals surface area contributed by atoms with E-state index in [1.54, 1.807) is 36.4 Å². The summed E-state index contributed by atoms with van der Waals surface area (Å²) in [5.74, 6) is -1.59. The molecular formula is C17H16N4O4S2. The average Bonchev–Trinajstić information content (AvgIpc) is 2.63. The van der Waals surface area contributed by atoms with Crippen molar-refractivity contribution in [2.75, 3.05) is 11.9 Å². The van der Waals surface area contributed by atoms with E-state index in [-0.39, 0.29) is 11.4 Å². The van der Waals surface area contributed by atoms with Crippen LogP contribution in [0.4, 0.5) is 5.69 Å². The maximum absolute atomic E-state index is 11.9. The third-order valence-corrected chi connectivity index (χ3v) is 4.96. The predicted molar refractivity (Wildman–Crippen MR) is 101 cm³/mol. The SMILES string of the molecule is N#CSc1ccc(NC(=O)C(=O)NCCc2ccc(S(N)(=O)=O)cc2)cc1. The van der Waals surface area contributed by atoms with Crippen LogP contribution in [0, 0.1) is 10.7 Å². The molecule has 0 unspecified atom stereocenters. The number of nitrogens with zero attached hydrogens (tertiary/aromatic N) is 1. The highest BCUT2D eigenvalue weighted by Gasteiger charge is 2.13. The summed E-state index contributed by atoms with van der Waals surface area (Å²) in [5.41, 5.74) is 1.23. The summed E-state index contributed by atoms with van der Waals surface area (Å²) in [6, 6.07) is 12.5. The number of thioether (sulfide) groups is 1. The number of carbonyl (C=O) groups is 2. The quantitative estimate of drug-likeness (QED) is 0.375. The van der Waals surface area contributed by atoms with Crippen LogP contribution in [0.1, 0.15) is 5.56 Å². The van der Waals surface area contributed by atoms with Crippen LogP contribution in [-0.2, 0) is 26.0 Å². The average molecular weight is 404 g/mol. The van der Waals surface area contributed by atoms with Gasteiger partial charge in [0.1, 0.15) is 5.40 Å². The Kier molecular flexibility index (Phi) is 6.95. The molecule has 0 aliphatic carbocycles. The van der Waals surface area contributed by atoms with Crippen LogP contribution in [0.25, 0.3) is 0 Å². The summed E-state index contributed by atoms with van der Waals surface area (Å²) in [6.07, 6.45) is 0.421. The molecule has 0 saturated carbocycles. The molecule has 140 valence electrons. The third-order valence-electron chi connectivity index (χ3n) is 3.43. The van der Waals surface area contributed by atoms with Gasteiger partial charge in [0.15, 0.2) is 0 Å². The maximum atomic E-state index is 11.9. The standard InChI is InChI=1S/C17H16N4O4S2/c18-11-26-14-5-3-13(4-6-14)21-17(23)16(22)20-10-9-12-1-7-15(8-2-12)27(19,24)25/h1-8H,9-10H2,(H,20,22)(H,21,23)(H2,19,24,25). The molecule has 10 heteroatoms. The van der Waals surface area contributed by atoms with E-state index in [2.05, 4.69) is 10.6 Å². The van der Waals surface area contributed by atoms with Gasteiger partial charge >= 0.3 is 11.8 Å². The van der Waals surface area contributed by atoms with Crippen LogP contribution in [0.15, 0.2) is 58.3 Å². The molecule has 27 heavy (non-hydrogen) atoms. The fourth-order valence-electron chi connectivity index (χ4n) is 2.09. The molecule has 2 rings (SSSR count). The Morgan fingerprint density at radius 2 is 1.67 bits per heavy atom. The molecule has 0 atom stereocenters. The molecule has 0 radical (unpaired) electrons. The number of nitrogens with two attached hydrogens (primary N) is 1. The first-order valence-corrected chi connectivity index (χ1v) is 10.0.